The Morgan fingerprint density at radius 3 is 2.71 bits per heavy atom. The molecule has 1 heterocycles. The lowest BCUT2D eigenvalue weighted by atomic mass is 10.2. The SMILES string of the molecule is COc1ccc(/C=N\n2c(=S)[nH]nc(C)c2=O)cc1OC. The molecule has 0 aliphatic rings. The molecule has 2 aromatic rings. The Morgan fingerprint density at radius 1 is 1.33 bits per heavy atom. The van der Waals surface area contributed by atoms with Gasteiger partial charge in [0.1, 0.15) is 5.69 Å². The summed E-state index contributed by atoms with van der Waals surface area (Å²) in [6, 6.07) is 5.28. The topological polar surface area (TPSA) is 81.5 Å². The van der Waals surface area contributed by atoms with Gasteiger partial charge in [0, 0.05) is 0 Å². The fraction of sp³-hybridized carbons (Fsp3) is 0.231. The third-order valence-corrected chi connectivity index (χ3v) is 3.01. The van der Waals surface area contributed by atoms with E-state index >= 15 is 0 Å². The Morgan fingerprint density at radius 2 is 2.05 bits per heavy atom. The number of nitrogens with zero attached hydrogens (tertiary/aromatic N) is 3. The van der Waals surface area contributed by atoms with Crippen LogP contribution in [0.1, 0.15) is 11.3 Å². The summed E-state index contributed by atoms with van der Waals surface area (Å²) in [4.78, 5) is 11.9. The van der Waals surface area contributed by atoms with Crippen molar-refractivity contribution >= 4 is 18.4 Å². The van der Waals surface area contributed by atoms with Crippen LogP contribution in [-0.4, -0.2) is 35.3 Å². The number of aryl methyl sites for hydroxylation is 1. The maximum atomic E-state index is 11.9. The normalized spacial score (nSPS) is 10.8. The molecular weight excluding hydrogens is 292 g/mol. The van der Waals surface area contributed by atoms with Gasteiger partial charge >= 0.3 is 0 Å². The van der Waals surface area contributed by atoms with Crippen molar-refractivity contribution < 1.29 is 9.47 Å². The van der Waals surface area contributed by atoms with Crippen LogP contribution in [0.4, 0.5) is 0 Å². The Labute approximate surface area is 125 Å². The number of hydrogen-bond acceptors (Lipinski definition) is 6. The molecule has 1 aromatic carbocycles. The van der Waals surface area contributed by atoms with Gasteiger partial charge in [-0.05, 0) is 42.9 Å². The van der Waals surface area contributed by atoms with Crippen LogP contribution in [0, 0.1) is 11.7 Å². The van der Waals surface area contributed by atoms with Gasteiger partial charge < -0.3 is 9.47 Å². The Hall–Kier alpha value is -2.48. The third kappa shape index (κ3) is 3.16. The first-order valence-corrected chi connectivity index (χ1v) is 6.42. The summed E-state index contributed by atoms with van der Waals surface area (Å²) in [5, 5.41) is 10.4. The standard InChI is InChI=1S/C13H14N4O3S/c1-8-12(18)17(13(21)16-15-8)14-7-9-4-5-10(19-2)11(6-9)20-3/h4-7H,1-3H3,(H,16,21)/b14-7-. The van der Waals surface area contributed by atoms with Crippen molar-refractivity contribution in [2.45, 2.75) is 6.92 Å². The molecule has 8 heteroatoms. The summed E-state index contributed by atoms with van der Waals surface area (Å²) in [6.07, 6.45) is 1.51. The minimum atomic E-state index is -0.365. The number of hydrogen-bond donors (Lipinski definition) is 1. The lowest BCUT2D eigenvalue weighted by Gasteiger charge is -2.07. The van der Waals surface area contributed by atoms with Crippen molar-refractivity contribution in [3.8, 4) is 11.5 Å². The summed E-state index contributed by atoms with van der Waals surface area (Å²) in [7, 11) is 3.11. The molecule has 0 atom stereocenters. The molecule has 0 radical (unpaired) electrons. The summed E-state index contributed by atoms with van der Waals surface area (Å²) in [5.74, 6) is 1.19. The van der Waals surface area contributed by atoms with E-state index in [1.165, 1.54) is 6.21 Å². The smallest absolute Gasteiger partial charge is 0.296 e. The van der Waals surface area contributed by atoms with Crippen LogP contribution in [0.25, 0.3) is 0 Å². The highest BCUT2D eigenvalue weighted by molar-refractivity contribution is 7.71. The van der Waals surface area contributed by atoms with Crippen LogP contribution in [0.2, 0.25) is 0 Å². The van der Waals surface area contributed by atoms with Crippen molar-refractivity contribution in [1.29, 1.82) is 0 Å². The van der Waals surface area contributed by atoms with Gasteiger partial charge in [0.25, 0.3) is 5.56 Å². The van der Waals surface area contributed by atoms with Crippen LogP contribution in [0.3, 0.4) is 0 Å². The van der Waals surface area contributed by atoms with Crippen molar-refractivity contribution in [3.63, 3.8) is 0 Å². The molecule has 0 aliphatic carbocycles. The van der Waals surface area contributed by atoms with Gasteiger partial charge in [0.2, 0.25) is 4.77 Å². The third-order valence-electron chi connectivity index (χ3n) is 2.74. The minimum absolute atomic E-state index is 0.127. The molecule has 2 rings (SSSR count). The van der Waals surface area contributed by atoms with Gasteiger partial charge in [-0.3, -0.25) is 9.89 Å². The van der Waals surface area contributed by atoms with E-state index < -0.39 is 0 Å². The lowest BCUT2D eigenvalue weighted by Crippen LogP contribution is -2.22. The Balaban J connectivity index is 2.41. The molecule has 0 saturated heterocycles. The number of aromatic amines is 1. The minimum Gasteiger partial charge on any atom is -0.493 e. The van der Waals surface area contributed by atoms with E-state index in [0.717, 1.165) is 10.2 Å². The monoisotopic (exact) mass is 306 g/mol. The fourth-order valence-electron chi connectivity index (χ4n) is 1.63. The second-order valence-electron chi connectivity index (χ2n) is 4.09. The van der Waals surface area contributed by atoms with E-state index in [2.05, 4.69) is 15.3 Å². The zero-order valence-corrected chi connectivity index (χ0v) is 12.6. The van der Waals surface area contributed by atoms with Gasteiger partial charge in [-0.25, -0.2) is 0 Å². The maximum absolute atomic E-state index is 11.9. The van der Waals surface area contributed by atoms with E-state index in [-0.39, 0.29) is 16.0 Å². The van der Waals surface area contributed by atoms with E-state index in [9.17, 15) is 4.79 Å². The molecule has 0 unspecified atom stereocenters. The fourth-order valence-corrected chi connectivity index (χ4v) is 1.81. The van der Waals surface area contributed by atoms with Crippen molar-refractivity contribution in [1.82, 2.24) is 14.9 Å². The first-order chi connectivity index (χ1) is 10.1. The summed E-state index contributed by atoms with van der Waals surface area (Å²) in [6.45, 7) is 1.58. The predicted molar refractivity (Wildman–Crippen MR) is 81.0 cm³/mol. The molecule has 0 amide bonds. The second kappa shape index (κ2) is 6.31. The average molecular weight is 306 g/mol. The molecule has 1 aromatic heterocycles. The molecular formula is C13H14N4O3S. The van der Waals surface area contributed by atoms with Crippen molar-refractivity contribution in [2.75, 3.05) is 14.2 Å². The number of H-pyrrole nitrogens is 1. The molecule has 0 aliphatic heterocycles. The van der Waals surface area contributed by atoms with Gasteiger partial charge in [0.15, 0.2) is 11.5 Å². The zero-order chi connectivity index (χ0) is 15.4. The maximum Gasteiger partial charge on any atom is 0.296 e. The largest absolute Gasteiger partial charge is 0.493 e. The predicted octanol–water partition coefficient (Wildman–Crippen LogP) is 1.51. The number of benzene rings is 1. The molecule has 1 N–H and O–H groups in total. The molecule has 0 bridgehead atoms. The highest BCUT2D eigenvalue weighted by Gasteiger charge is 2.04. The number of methoxy groups -OCH3 is 2. The molecule has 0 fully saturated rings. The van der Waals surface area contributed by atoms with Gasteiger partial charge in [-0.1, -0.05) is 0 Å². The van der Waals surface area contributed by atoms with Crippen molar-refractivity contribution in [2.24, 2.45) is 5.10 Å². The number of ether oxygens (including phenoxy) is 2. The van der Waals surface area contributed by atoms with E-state index in [1.807, 2.05) is 0 Å². The Kier molecular flexibility index (Phi) is 4.49. The molecule has 110 valence electrons. The summed E-state index contributed by atoms with van der Waals surface area (Å²) in [5.41, 5.74) is 0.659. The highest BCUT2D eigenvalue weighted by atomic mass is 32.1. The first-order valence-electron chi connectivity index (χ1n) is 6.01. The van der Waals surface area contributed by atoms with Crippen LogP contribution >= 0.6 is 12.2 Å². The quantitative estimate of drug-likeness (QED) is 0.684. The number of nitrogens with one attached hydrogen (secondary N) is 1. The molecule has 0 saturated carbocycles. The highest BCUT2D eigenvalue weighted by Crippen LogP contribution is 2.26. The van der Waals surface area contributed by atoms with Crippen LogP contribution in [0.15, 0.2) is 28.1 Å². The molecule has 0 spiro atoms. The van der Waals surface area contributed by atoms with Crippen LogP contribution in [0.5, 0.6) is 11.5 Å². The first kappa shape index (κ1) is 14.9. The van der Waals surface area contributed by atoms with Crippen LogP contribution < -0.4 is 15.0 Å². The summed E-state index contributed by atoms with van der Waals surface area (Å²) < 4.78 is 11.6. The van der Waals surface area contributed by atoms with E-state index in [4.69, 9.17) is 21.7 Å². The number of rotatable bonds is 4. The van der Waals surface area contributed by atoms with E-state index in [0.29, 0.717) is 11.5 Å². The molecule has 21 heavy (non-hydrogen) atoms. The lowest BCUT2D eigenvalue weighted by molar-refractivity contribution is 0.355. The average Bonchev–Trinajstić information content (AvgIpc) is 2.50. The molecule has 7 nitrogen and oxygen atoms in total. The van der Waals surface area contributed by atoms with Gasteiger partial charge in [-0.15, -0.1) is 0 Å². The zero-order valence-electron chi connectivity index (χ0n) is 11.8. The van der Waals surface area contributed by atoms with Gasteiger partial charge in [0.05, 0.1) is 20.4 Å². The van der Waals surface area contributed by atoms with Crippen LogP contribution in [-0.2, 0) is 0 Å². The van der Waals surface area contributed by atoms with Crippen molar-refractivity contribution in [3.05, 3.63) is 44.6 Å². The van der Waals surface area contributed by atoms with E-state index in [1.54, 1.807) is 39.3 Å². The summed E-state index contributed by atoms with van der Waals surface area (Å²) >= 11 is 4.99. The number of aromatic nitrogens is 3. The van der Waals surface area contributed by atoms with Gasteiger partial charge in [-0.2, -0.15) is 14.9 Å². The Bertz CT molecular complexity index is 795. The second-order valence-corrected chi connectivity index (χ2v) is 4.48.